The van der Waals surface area contributed by atoms with Gasteiger partial charge in [0.05, 0.1) is 10.4 Å². The van der Waals surface area contributed by atoms with E-state index in [9.17, 15) is 20.3 Å². The van der Waals surface area contributed by atoms with Crippen LogP contribution in [-0.4, -0.2) is 20.1 Å². The second-order valence-electron chi connectivity index (χ2n) is 2.98. The van der Waals surface area contributed by atoms with Gasteiger partial charge in [-0.05, 0) is 6.07 Å². The number of phenols is 2. The number of rotatable bonds is 1. The third-order valence-corrected chi connectivity index (χ3v) is 1.97. The van der Waals surface area contributed by atoms with Crippen LogP contribution in [0.3, 0.4) is 0 Å². The molecule has 0 aliphatic rings. The zero-order valence-corrected chi connectivity index (χ0v) is 7.41. The van der Waals surface area contributed by atoms with E-state index in [2.05, 4.69) is 4.98 Å². The lowest BCUT2D eigenvalue weighted by molar-refractivity contribution is -0.385. The van der Waals surface area contributed by atoms with Crippen LogP contribution in [0.5, 0.6) is 11.5 Å². The average molecular weight is 206 g/mol. The Morgan fingerprint density at radius 1 is 1.20 bits per heavy atom. The number of nitro groups is 1. The molecule has 6 nitrogen and oxygen atoms in total. The second-order valence-corrected chi connectivity index (χ2v) is 2.98. The molecule has 1 heterocycles. The zero-order chi connectivity index (χ0) is 11.0. The molecule has 2 aromatic rings. The molecule has 0 spiro atoms. The molecule has 2 rings (SSSR count). The van der Waals surface area contributed by atoms with E-state index in [1.165, 1.54) is 18.2 Å². The first-order valence-corrected chi connectivity index (χ1v) is 4.04. The fraction of sp³-hybridized carbons (Fsp3) is 0. The van der Waals surface area contributed by atoms with Gasteiger partial charge in [-0.25, -0.2) is 4.98 Å². The summed E-state index contributed by atoms with van der Waals surface area (Å²) in [7, 11) is 0. The smallest absolute Gasteiger partial charge is 0.288 e. The van der Waals surface area contributed by atoms with Gasteiger partial charge >= 0.3 is 0 Å². The summed E-state index contributed by atoms with van der Waals surface area (Å²) in [6.45, 7) is 0. The Kier molecular flexibility index (Phi) is 1.89. The third kappa shape index (κ3) is 1.52. The van der Waals surface area contributed by atoms with Gasteiger partial charge in [-0.3, -0.25) is 10.1 Å². The van der Waals surface area contributed by atoms with Gasteiger partial charge in [0.15, 0.2) is 11.5 Å². The maximum Gasteiger partial charge on any atom is 0.288 e. The first-order chi connectivity index (χ1) is 7.08. The summed E-state index contributed by atoms with van der Waals surface area (Å²) in [5, 5.41) is 29.2. The molecule has 0 atom stereocenters. The maximum absolute atomic E-state index is 10.5. The van der Waals surface area contributed by atoms with E-state index in [-0.39, 0.29) is 17.2 Å². The molecular formula is C9H6N2O4. The molecule has 0 fully saturated rings. The number of nitrogens with zero attached hydrogens (tertiary/aromatic N) is 2. The summed E-state index contributed by atoms with van der Waals surface area (Å²) < 4.78 is 0. The molecule has 2 N–H and O–H groups in total. The second kappa shape index (κ2) is 3.09. The minimum Gasteiger partial charge on any atom is -0.504 e. The molecule has 0 radical (unpaired) electrons. The average Bonchev–Trinajstić information content (AvgIpc) is 2.19. The van der Waals surface area contributed by atoms with E-state index >= 15 is 0 Å². The number of fused-ring (bicyclic) bond motifs is 1. The molecule has 0 aliphatic heterocycles. The highest BCUT2D eigenvalue weighted by Crippen LogP contribution is 2.30. The number of aromatic nitrogens is 1. The summed E-state index contributed by atoms with van der Waals surface area (Å²) in [6.07, 6.45) is 1.10. The van der Waals surface area contributed by atoms with Crippen LogP contribution < -0.4 is 0 Å². The van der Waals surface area contributed by atoms with Crippen LogP contribution in [0.1, 0.15) is 0 Å². The summed E-state index contributed by atoms with van der Waals surface area (Å²) >= 11 is 0. The van der Waals surface area contributed by atoms with Crippen molar-refractivity contribution in [3.8, 4) is 11.5 Å². The standard InChI is InChI=1S/C9H6N2O4/c12-8-2-5-1-6(11(14)15)4-10-7(5)3-9(8)13/h1-4,12-13H. The summed E-state index contributed by atoms with van der Waals surface area (Å²) in [5.74, 6) is -0.631. The molecule has 6 heteroatoms. The highest BCUT2D eigenvalue weighted by Gasteiger charge is 2.09. The van der Waals surface area contributed by atoms with Crippen molar-refractivity contribution in [2.75, 3.05) is 0 Å². The van der Waals surface area contributed by atoms with Crippen molar-refractivity contribution < 1.29 is 15.1 Å². The Bertz CT molecular complexity index is 553. The maximum atomic E-state index is 10.5. The van der Waals surface area contributed by atoms with Crippen molar-refractivity contribution in [1.29, 1.82) is 0 Å². The van der Waals surface area contributed by atoms with Crippen LogP contribution in [0.15, 0.2) is 24.4 Å². The van der Waals surface area contributed by atoms with Crippen molar-refractivity contribution in [3.63, 3.8) is 0 Å². The highest BCUT2D eigenvalue weighted by molar-refractivity contribution is 5.83. The minimum atomic E-state index is -0.573. The Morgan fingerprint density at radius 3 is 2.53 bits per heavy atom. The van der Waals surface area contributed by atoms with E-state index in [4.69, 9.17) is 0 Å². The van der Waals surface area contributed by atoms with Crippen molar-refractivity contribution in [2.24, 2.45) is 0 Å². The molecule has 76 valence electrons. The van der Waals surface area contributed by atoms with Crippen LogP contribution in [0.4, 0.5) is 5.69 Å². The molecule has 15 heavy (non-hydrogen) atoms. The van der Waals surface area contributed by atoms with E-state index in [1.807, 2.05) is 0 Å². The first kappa shape index (κ1) is 9.20. The van der Waals surface area contributed by atoms with Gasteiger partial charge in [0.1, 0.15) is 6.20 Å². The van der Waals surface area contributed by atoms with E-state index < -0.39 is 4.92 Å². The third-order valence-electron chi connectivity index (χ3n) is 1.97. The summed E-state index contributed by atoms with van der Waals surface area (Å²) in [4.78, 5) is 13.7. The van der Waals surface area contributed by atoms with Crippen LogP contribution in [0, 0.1) is 10.1 Å². The number of hydrogen-bond donors (Lipinski definition) is 2. The number of benzene rings is 1. The van der Waals surface area contributed by atoms with Gasteiger partial charge in [0, 0.05) is 17.5 Å². The van der Waals surface area contributed by atoms with E-state index in [1.54, 1.807) is 0 Å². The number of phenolic OH excluding ortho intramolecular Hbond substituents is 2. The van der Waals surface area contributed by atoms with Crippen molar-refractivity contribution in [1.82, 2.24) is 4.98 Å². The molecule has 0 unspecified atom stereocenters. The van der Waals surface area contributed by atoms with E-state index in [0.717, 1.165) is 6.20 Å². The molecule has 0 bridgehead atoms. The zero-order valence-electron chi connectivity index (χ0n) is 7.41. The molecule has 0 saturated carbocycles. The minimum absolute atomic E-state index is 0.160. The molecule has 0 saturated heterocycles. The Morgan fingerprint density at radius 2 is 1.87 bits per heavy atom. The summed E-state index contributed by atoms with van der Waals surface area (Å²) in [5.41, 5.74) is 0.225. The molecular weight excluding hydrogens is 200 g/mol. The van der Waals surface area contributed by atoms with Crippen LogP contribution >= 0.6 is 0 Å². The quantitative estimate of drug-likeness (QED) is 0.419. The largest absolute Gasteiger partial charge is 0.504 e. The van der Waals surface area contributed by atoms with Gasteiger partial charge in [0.2, 0.25) is 0 Å². The molecule has 0 aliphatic carbocycles. The predicted octanol–water partition coefficient (Wildman–Crippen LogP) is 1.55. The molecule has 1 aromatic carbocycles. The Balaban J connectivity index is 2.72. The number of pyridine rings is 1. The lowest BCUT2D eigenvalue weighted by Gasteiger charge is -2.00. The topological polar surface area (TPSA) is 96.5 Å². The lowest BCUT2D eigenvalue weighted by atomic mass is 10.2. The fourth-order valence-electron chi connectivity index (χ4n) is 1.24. The van der Waals surface area contributed by atoms with Gasteiger partial charge in [-0.1, -0.05) is 0 Å². The van der Waals surface area contributed by atoms with Gasteiger partial charge < -0.3 is 10.2 Å². The van der Waals surface area contributed by atoms with Crippen LogP contribution in [0.2, 0.25) is 0 Å². The van der Waals surface area contributed by atoms with Gasteiger partial charge in [-0.15, -0.1) is 0 Å². The number of hydrogen-bond acceptors (Lipinski definition) is 5. The first-order valence-electron chi connectivity index (χ1n) is 4.04. The van der Waals surface area contributed by atoms with Gasteiger partial charge in [-0.2, -0.15) is 0 Å². The van der Waals surface area contributed by atoms with Crippen LogP contribution in [-0.2, 0) is 0 Å². The highest BCUT2D eigenvalue weighted by atomic mass is 16.6. The van der Waals surface area contributed by atoms with Crippen molar-refractivity contribution in [3.05, 3.63) is 34.5 Å². The Labute approximate surface area is 83.6 Å². The SMILES string of the molecule is O=[N+]([O-])c1cnc2cc(O)c(O)cc2c1. The number of aromatic hydroxyl groups is 2. The van der Waals surface area contributed by atoms with Crippen molar-refractivity contribution >= 4 is 16.6 Å². The molecule has 0 amide bonds. The Hall–Kier alpha value is -2.37. The lowest BCUT2D eigenvalue weighted by Crippen LogP contribution is -1.89. The monoisotopic (exact) mass is 206 g/mol. The van der Waals surface area contributed by atoms with Crippen LogP contribution in [0.25, 0.3) is 10.9 Å². The fourth-order valence-corrected chi connectivity index (χ4v) is 1.24. The normalized spacial score (nSPS) is 10.4. The molecule has 1 aromatic heterocycles. The summed E-state index contributed by atoms with van der Waals surface area (Å²) in [6, 6.07) is 3.75. The predicted molar refractivity (Wildman–Crippen MR) is 51.7 cm³/mol. The van der Waals surface area contributed by atoms with Crippen molar-refractivity contribution in [2.45, 2.75) is 0 Å². The van der Waals surface area contributed by atoms with Gasteiger partial charge in [0.25, 0.3) is 5.69 Å². The van der Waals surface area contributed by atoms with E-state index in [0.29, 0.717) is 10.9 Å².